The normalized spacial score (nSPS) is 14.1. The molecule has 0 unspecified atom stereocenters. The summed E-state index contributed by atoms with van der Waals surface area (Å²) in [4.78, 5) is 14.3. The molecule has 126 valence electrons. The first-order valence-electron chi connectivity index (χ1n) is 8.47. The van der Waals surface area contributed by atoms with Crippen molar-refractivity contribution in [3.8, 4) is 0 Å². The van der Waals surface area contributed by atoms with Crippen molar-refractivity contribution >= 4 is 17.2 Å². The highest BCUT2D eigenvalue weighted by atomic mass is 16.7. The number of benzene rings is 2. The fourth-order valence-electron chi connectivity index (χ4n) is 3.06. The van der Waals surface area contributed by atoms with Crippen molar-refractivity contribution in [2.45, 2.75) is 26.6 Å². The van der Waals surface area contributed by atoms with Crippen molar-refractivity contribution in [1.82, 2.24) is 0 Å². The highest BCUT2D eigenvalue weighted by Gasteiger charge is 2.24. The number of carbonyl (C=O) groups excluding carboxylic acids is 1. The molecule has 0 fully saturated rings. The van der Waals surface area contributed by atoms with Crippen molar-refractivity contribution < 1.29 is 14.3 Å². The van der Waals surface area contributed by atoms with Crippen LogP contribution in [0.4, 0.5) is 11.4 Å². The van der Waals surface area contributed by atoms with Crippen LogP contribution in [0.5, 0.6) is 0 Å². The molecule has 0 aliphatic carbocycles. The van der Waals surface area contributed by atoms with E-state index in [1.807, 2.05) is 50.2 Å². The van der Waals surface area contributed by atoms with Crippen LogP contribution in [0.15, 0.2) is 48.5 Å². The zero-order valence-electron chi connectivity index (χ0n) is 14.2. The van der Waals surface area contributed by atoms with Gasteiger partial charge in [0.05, 0.1) is 5.69 Å². The third kappa shape index (κ3) is 3.35. The van der Waals surface area contributed by atoms with Gasteiger partial charge in [-0.3, -0.25) is 4.79 Å². The van der Waals surface area contributed by atoms with Gasteiger partial charge in [-0.15, -0.1) is 0 Å². The number of ketones is 1. The van der Waals surface area contributed by atoms with Crippen LogP contribution in [0.25, 0.3) is 0 Å². The topological polar surface area (TPSA) is 38.8 Å². The minimum Gasteiger partial charge on any atom is -0.349 e. The molecular weight excluding hydrogens is 302 g/mol. The monoisotopic (exact) mass is 325 g/mol. The summed E-state index contributed by atoms with van der Waals surface area (Å²) in [5.41, 5.74) is 3.80. The number of carbonyl (C=O) groups is 1. The summed E-state index contributed by atoms with van der Waals surface area (Å²) >= 11 is 0. The molecule has 0 radical (unpaired) electrons. The molecule has 0 atom stereocenters. The van der Waals surface area contributed by atoms with E-state index in [0.717, 1.165) is 22.5 Å². The smallest absolute Gasteiger partial charge is 0.183 e. The molecule has 0 aromatic heterocycles. The quantitative estimate of drug-likeness (QED) is 0.734. The summed E-state index contributed by atoms with van der Waals surface area (Å²) in [7, 11) is 0. The van der Waals surface area contributed by atoms with Crippen molar-refractivity contribution in [1.29, 1.82) is 0 Å². The van der Waals surface area contributed by atoms with Crippen LogP contribution in [0.3, 0.4) is 0 Å². The van der Waals surface area contributed by atoms with Crippen molar-refractivity contribution in [3.63, 3.8) is 0 Å². The van der Waals surface area contributed by atoms with E-state index in [9.17, 15) is 4.79 Å². The zero-order chi connectivity index (χ0) is 16.9. The number of fused-ring (bicyclic) bond motifs is 1. The third-order valence-electron chi connectivity index (χ3n) is 4.15. The molecule has 0 N–H and O–H groups in total. The highest BCUT2D eigenvalue weighted by Crippen LogP contribution is 2.34. The Labute approximate surface area is 143 Å². The molecule has 0 bridgehead atoms. The van der Waals surface area contributed by atoms with Crippen molar-refractivity contribution in [2.75, 3.05) is 24.7 Å². The Morgan fingerprint density at radius 2 is 1.79 bits per heavy atom. The lowest BCUT2D eigenvalue weighted by atomic mass is 9.99. The number of hydrogen-bond acceptors (Lipinski definition) is 4. The van der Waals surface area contributed by atoms with E-state index in [-0.39, 0.29) is 12.1 Å². The lowest BCUT2D eigenvalue weighted by molar-refractivity contribution is -0.140. The maximum absolute atomic E-state index is 12.1. The summed E-state index contributed by atoms with van der Waals surface area (Å²) in [6, 6.07) is 16.0. The molecule has 2 aromatic carbocycles. The Morgan fingerprint density at radius 3 is 2.54 bits per heavy atom. The SMILES string of the molecule is CCOC(OCC)c1cccc(N2CCC(=O)c3ccccc32)c1. The van der Waals surface area contributed by atoms with E-state index in [0.29, 0.717) is 26.2 Å². The lowest BCUT2D eigenvalue weighted by Crippen LogP contribution is -2.28. The molecule has 4 heteroatoms. The number of Topliss-reactive ketones (excluding diaryl/α,β-unsaturated/α-hetero) is 1. The predicted molar refractivity (Wildman–Crippen MR) is 94.8 cm³/mol. The van der Waals surface area contributed by atoms with Crippen LogP contribution in [0.2, 0.25) is 0 Å². The summed E-state index contributed by atoms with van der Waals surface area (Å²) in [6.45, 7) is 5.80. The maximum atomic E-state index is 12.1. The van der Waals surface area contributed by atoms with Gasteiger partial charge in [0.2, 0.25) is 0 Å². The van der Waals surface area contributed by atoms with E-state index >= 15 is 0 Å². The average Bonchev–Trinajstić information content (AvgIpc) is 2.62. The van der Waals surface area contributed by atoms with Crippen LogP contribution in [0.1, 0.15) is 42.5 Å². The minimum atomic E-state index is -0.360. The largest absolute Gasteiger partial charge is 0.349 e. The molecule has 1 aliphatic heterocycles. The van der Waals surface area contributed by atoms with E-state index in [1.54, 1.807) is 0 Å². The number of para-hydroxylation sites is 1. The number of nitrogens with zero attached hydrogens (tertiary/aromatic N) is 1. The molecule has 24 heavy (non-hydrogen) atoms. The van der Waals surface area contributed by atoms with Crippen LogP contribution < -0.4 is 4.90 Å². The van der Waals surface area contributed by atoms with Gasteiger partial charge in [0, 0.05) is 43.0 Å². The minimum absolute atomic E-state index is 0.208. The first-order chi connectivity index (χ1) is 11.7. The van der Waals surface area contributed by atoms with Crippen LogP contribution in [-0.4, -0.2) is 25.5 Å². The molecule has 0 saturated heterocycles. The molecule has 2 aromatic rings. The van der Waals surface area contributed by atoms with Gasteiger partial charge in [0.1, 0.15) is 0 Å². The lowest BCUT2D eigenvalue weighted by Gasteiger charge is -2.31. The zero-order valence-corrected chi connectivity index (χ0v) is 14.2. The average molecular weight is 325 g/mol. The second kappa shape index (κ2) is 7.60. The molecule has 4 nitrogen and oxygen atoms in total. The Bertz CT molecular complexity index is 708. The van der Waals surface area contributed by atoms with E-state index < -0.39 is 0 Å². The predicted octanol–water partition coefficient (Wildman–Crippen LogP) is 4.48. The summed E-state index contributed by atoms with van der Waals surface area (Å²) in [5, 5.41) is 0. The molecule has 0 amide bonds. The Morgan fingerprint density at radius 1 is 1.04 bits per heavy atom. The van der Waals surface area contributed by atoms with Gasteiger partial charge in [-0.2, -0.15) is 0 Å². The third-order valence-corrected chi connectivity index (χ3v) is 4.15. The summed E-state index contributed by atoms with van der Waals surface area (Å²) in [5.74, 6) is 0.208. The Kier molecular flexibility index (Phi) is 5.28. The molecular formula is C20H23NO3. The van der Waals surface area contributed by atoms with E-state index in [4.69, 9.17) is 9.47 Å². The number of rotatable bonds is 6. The van der Waals surface area contributed by atoms with Gasteiger partial charge < -0.3 is 14.4 Å². The summed E-state index contributed by atoms with van der Waals surface area (Å²) in [6.07, 6.45) is 0.170. The van der Waals surface area contributed by atoms with Crippen LogP contribution in [-0.2, 0) is 9.47 Å². The first kappa shape index (κ1) is 16.7. The molecule has 1 aliphatic rings. The number of anilines is 2. The fraction of sp³-hybridized carbons (Fsp3) is 0.350. The molecule has 1 heterocycles. The Balaban J connectivity index is 1.95. The second-order valence-electron chi connectivity index (χ2n) is 5.68. The maximum Gasteiger partial charge on any atom is 0.183 e. The van der Waals surface area contributed by atoms with Gasteiger partial charge in [-0.05, 0) is 38.1 Å². The number of hydrogen-bond donors (Lipinski definition) is 0. The molecule has 0 saturated carbocycles. The van der Waals surface area contributed by atoms with Crippen LogP contribution >= 0.6 is 0 Å². The van der Waals surface area contributed by atoms with Gasteiger partial charge in [-0.25, -0.2) is 0 Å². The fourth-order valence-corrected chi connectivity index (χ4v) is 3.06. The van der Waals surface area contributed by atoms with Gasteiger partial charge in [0.15, 0.2) is 12.1 Å². The van der Waals surface area contributed by atoms with E-state index in [2.05, 4.69) is 17.0 Å². The molecule has 0 spiro atoms. The Hall–Kier alpha value is -2.17. The van der Waals surface area contributed by atoms with Crippen LogP contribution in [0, 0.1) is 0 Å². The number of ether oxygens (including phenoxy) is 2. The van der Waals surface area contributed by atoms with Crippen molar-refractivity contribution in [3.05, 3.63) is 59.7 Å². The second-order valence-corrected chi connectivity index (χ2v) is 5.68. The van der Waals surface area contributed by atoms with Crippen molar-refractivity contribution in [2.24, 2.45) is 0 Å². The first-order valence-corrected chi connectivity index (χ1v) is 8.47. The molecule has 3 rings (SSSR count). The van der Waals surface area contributed by atoms with Gasteiger partial charge in [-0.1, -0.05) is 24.3 Å². The summed E-state index contributed by atoms with van der Waals surface area (Å²) < 4.78 is 11.4. The van der Waals surface area contributed by atoms with E-state index in [1.165, 1.54) is 0 Å². The standard InChI is InChI=1S/C20H23NO3/c1-3-23-20(24-4-2)15-8-7-9-16(14-15)21-13-12-19(22)17-10-5-6-11-18(17)21/h5-11,14,20H,3-4,12-13H2,1-2H3. The van der Waals surface area contributed by atoms with Gasteiger partial charge in [0.25, 0.3) is 0 Å². The van der Waals surface area contributed by atoms with Gasteiger partial charge >= 0.3 is 0 Å². The highest BCUT2D eigenvalue weighted by molar-refractivity contribution is 6.04.